The molecule has 136 valence electrons. The van der Waals surface area contributed by atoms with Crippen LogP contribution >= 0.6 is 0 Å². The Morgan fingerprint density at radius 1 is 0.926 bits per heavy atom. The van der Waals surface area contributed by atoms with Crippen molar-refractivity contribution >= 4 is 23.4 Å². The van der Waals surface area contributed by atoms with Crippen molar-refractivity contribution in [3.8, 4) is 0 Å². The SMILES string of the molecule is O=C(c1cccnc1)N1CCN(c2cc(Nc3ccccn3)ncn2)CC1. The van der Waals surface area contributed by atoms with Gasteiger partial charge in [0.15, 0.2) is 0 Å². The van der Waals surface area contributed by atoms with Gasteiger partial charge in [0, 0.05) is 50.8 Å². The van der Waals surface area contributed by atoms with E-state index in [1.54, 1.807) is 30.7 Å². The lowest BCUT2D eigenvalue weighted by atomic mass is 10.2. The van der Waals surface area contributed by atoms with Crippen LogP contribution in [0.1, 0.15) is 10.4 Å². The lowest BCUT2D eigenvalue weighted by molar-refractivity contribution is 0.0746. The third-order valence-corrected chi connectivity index (χ3v) is 4.37. The normalized spacial score (nSPS) is 14.1. The Labute approximate surface area is 156 Å². The van der Waals surface area contributed by atoms with Crippen LogP contribution in [0.25, 0.3) is 0 Å². The molecule has 0 bridgehead atoms. The first-order valence-corrected chi connectivity index (χ1v) is 8.74. The lowest BCUT2D eigenvalue weighted by Crippen LogP contribution is -2.49. The Morgan fingerprint density at radius 2 is 1.81 bits per heavy atom. The Hall–Kier alpha value is -3.55. The zero-order chi connectivity index (χ0) is 18.5. The Balaban J connectivity index is 1.40. The summed E-state index contributed by atoms with van der Waals surface area (Å²) in [5.41, 5.74) is 0.620. The van der Waals surface area contributed by atoms with Gasteiger partial charge in [-0.05, 0) is 24.3 Å². The largest absolute Gasteiger partial charge is 0.353 e. The van der Waals surface area contributed by atoms with Crippen LogP contribution in [0.3, 0.4) is 0 Å². The number of aromatic nitrogens is 4. The van der Waals surface area contributed by atoms with Crippen LogP contribution in [0.5, 0.6) is 0 Å². The van der Waals surface area contributed by atoms with E-state index in [9.17, 15) is 4.79 Å². The first-order valence-electron chi connectivity index (χ1n) is 8.74. The first-order chi connectivity index (χ1) is 13.3. The number of carbonyl (C=O) groups is 1. The van der Waals surface area contributed by atoms with Gasteiger partial charge in [-0.1, -0.05) is 6.07 Å². The maximum Gasteiger partial charge on any atom is 0.255 e. The van der Waals surface area contributed by atoms with Gasteiger partial charge in [-0.3, -0.25) is 9.78 Å². The fraction of sp³-hybridized carbons (Fsp3) is 0.211. The number of pyridine rings is 2. The summed E-state index contributed by atoms with van der Waals surface area (Å²) >= 11 is 0. The van der Waals surface area contributed by atoms with Gasteiger partial charge < -0.3 is 15.1 Å². The lowest BCUT2D eigenvalue weighted by Gasteiger charge is -2.35. The van der Waals surface area contributed by atoms with Crippen LogP contribution < -0.4 is 10.2 Å². The molecule has 0 saturated carbocycles. The summed E-state index contributed by atoms with van der Waals surface area (Å²) in [6, 6.07) is 11.1. The number of piperazine rings is 1. The van der Waals surface area contributed by atoms with Crippen LogP contribution in [0, 0.1) is 0 Å². The minimum Gasteiger partial charge on any atom is -0.353 e. The number of anilines is 3. The number of rotatable bonds is 4. The van der Waals surface area contributed by atoms with E-state index in [4.69, 9.17) is 0 Å². The minimum absolute atomic E-state index is 0.0166. The molecule has 1 aliphatic heterocycles. The number of hydrogen-bond donors (Lipinski definition) is 1. The number of carbonyl (C=O) groups excluding carboxylic acids is 1. The molecule has 0 spiro atoms. The summed E-state index contributed by atoms with van der Waals surface area (Å²) in [7, 11) is 0. The van der Waals surface area contributed by atoms with E-state index in [1.165, 1.54) is 6.33 Å². The van der Waals surface area contributed by atoms with Crippen molar-refractivity contribution < 1.29 is 4.79 Å². The van der Waals surface area contributed by atoms with Crippen LogP contribution in [0.4, 0.5) is 17.5 Å². The molecule has 8 heteroatoms. The van der Waals surface area contributed by atoms with Gasteiger partial charge in [0.05, 0.1) is 5.56 Å². The van der Waals surface area contributed by atoms with Crippen molar-refractivity contribution in [1.82, 2.24) is 24.8 Å². The number of amides is 1. The van der Waals surface area contributed by atoms with E-state index in [1.807, 2.05) is 29.2 Å². The van der Waals surface area contributed by atoms with Crippen molar-refractivity contribution in [2.45, 2.75) is 0 Å². The topological polar surface area (TPSA) is 87.1 Å². The minimum atomic E-state index is 0.0166. The number of hydrogen-bond acceptors (Lipinski definition) is 7. The van der Waals surface area contributed by atoms with E-state index in [-0.39, 0.29) is 5.91 Å². The fourth-order valence-corrected chi connectivity index (χ4v) is 2.97. The molecular formula is C19H19N7O. The van der Waals surface area contributed by atoms with Crippen LogP contribution in [-0.2, 0) is 0 Å². The molecule has 1 aliphatic rings. The molecule has 4 rings (SSSR count). The average molecular weight is 361 g/mol. The van der Waals surface area contributed by atoms with Crippen LogP contribution in [-0.4, -0.2) is 56.9 Å². The maximum atomic E-state index is 12.5. The zero-order valence-electron chi connectivity index (χ0n) is 14.7. The van der Waals surface area contributed by atoms with Crippen molar-refractivity contribution in [3.63, 3.8) is 0 Å². The molecule has 0 aliphatic carbocycles. The molecule has 1 fully saturated rings. The third kappa shape index (κ3) is 4.00. The molecule has 0 atom stereocenters. The second kappa shape index (κ2) is 7.77. The van der Waals surface area contributed by atoms with E-state index in [0.29, 0.717) is 37.6 Å². The van der Waals surface area contributed by atoms with Gasteiger partial charge in [-0.2, -0.15) is 0 Å². The predicted molar refractivity (Wildman–Crippen MR) is 102 cm³/mol. The van der Waals surface area contributed by atoms with Gasteiger partial charge >= 0.3 is 0 Å². The van der Waals surface area contributed by atoms with E-state index in [2.05, 4.69) is 30.2 Å². The highest BCUT2D eigenvalue weighted by atomic mass is 16.2. The molecule has 8 nitrogen and oxygen atoms in total. The second-order valence-electron chi connectivity index (χ2n) is 6.12. The Bertz CT molecular complexity index is 896. The molecule has 27 heavy (non-hydrogen) atoms. The molecule has 3 aromatic rings. The van der Waals surface area contributed by atoms with E-state index < -0.39 is 0 Å². The number of nitrogens with one attached hydrogen (secondary N) is 1. The molecule has 4 heterocycles. The Kier molecular flexibility index (Phi) is 4.86. The molecule has 0 radical (unpaired) electrons. The molecule has 3 aromatic heterocycles. The molecule has 1 N–H and O–H groups in total. The van der Waals surface area contributed by atoms with Crippen LogP contribution in [0.2, 0.25) is 0 Å². The summed E-state index contributed by atoms with van der Waals surface area (Å²) in [5.74, 6) is 2.27. The Morgan fingerprint density at radius 3 is 2.56 bits per heavy atom. The van der Waals surface area contributed by atoms with Crippen molar-refractivity contribution in [2.75, 3.05) is 36.4 Å². The molecule has 1 saturated heterocycles. The van der Waals surface area contributed by atoms with Crippen molar-refractivity contribution in [1.29, 1.82) is 0 Å². The highest BCUT2D eigenvalue weighted by molar-refractivity contribution is 5.94. The third-order valence-electron chi connectivity index (χ3n) is 4.37. The average Bonchev–Trinajstić information content (AvgIpc) is 2.75. The van der Waals surface area contributed by atoms with Gasteiger partial charge in [0.25, 0.3) is 5.91 Å². The van der Waals surface area contributed by atoms with Crippen molar-refractivity contribution in [3.05, 3.63) is 66.9 Å². The molecule has 0 aromatic carbocycles. The fourth-order valence-electron chi connectivity index (χ4n) is 2.97. The summed E-state index contributed by atoms with van der Waals surface area (Å²) < 4.78 is 0. The van der Waals surface area contributed by atoms with Crippen LogP contribution in [0.15, 0.2) is 61.3 Å². The highest BCUT2D eigenvalue weighted by Crippen LogP contribution is 2.19. The highest BCUT2D eigenvalue weighted by Gasteiger charge is 2.23. The molecule has 1 amide bonds. The molecule has 0 unspecified atom stereocenters. The zero-order valence-corrected chi connectivity index (χ0v) is 14.7. The first kappa shape index (κ1) is 16.9. The van der Waals surface area contributed by atoms with Crippen molar-refractivity contribution in [2.24, 2.45) is 0 Å². The predicted octanol–water partition coefficient (Wildman–Crippen LogP) is 1.97. The smallest absolute Gasteiger partial charge is 0.255 e. The summed E-state index contributed by atoms with van der Waals surface area (Å²) in [4.78, 5) is 33.4. The summed E-state index contributed by atoms with van der Waals surface area (Å²) in [6.07, 6.45) is 6.53. The van der Waals surface area contributed by atoms with E-state index in [0.717, 1.165) is 11.6 Å². The summed E-state index contributed by atoms with van der Waals surface area (Å²) in [5, 5.41) is 3.17. The van der Waals surface area contributed by atoms with Gasteiger partial charge in [0.1, 0.15) is 23.8 Å². The second-order valence-corrected chi connectivity index (χ2v) is 6.12. The monoisotopic (exact) mass is 361 g/mol. The van der Waals surface area contributed by atoms with E-state index >= 15 is 0 Å². The summed E-state index contributed by atoms with van der Waals surface area (Å²) in [6.45, 7) is 2.71. The van der Waals surface area contributed by atoms with Gasteiger partial charge in [-0.15, -0.1) is 0 Å². The van der Waals surface area contributed by atoms with Gasteiger partial charge in [0.2, 0.25) is 0 Å². The van der Waals surface area contributed by atoms with Gasteiger partial charge in [-0.25, -0.2) is 15.0 Å². The standard InChI is InChI=1S/C19H19N7O/c27-19(15-4-3-6-20-13-15)26-10-8-25(9-11-26)18-12-17(22-14-23-18)24-16-5-1-2-7-21-16/h1-7,12-14H,8-11H2,(H,21,22,23,24). The number of nitrogens with zero attached hydrogens (tertiary/aromatic N) is 6. The maximum absolute atomic E-state index is 12.5. The molecular weight excluding hydrogens is 342 g/mol. The quantitative estimate of drug-likeness (QED) is 0.760.